The third-order valence-electron chi connectivity index (χ3n) is 13.0. The topological polar surface area (TPSA) is 35.0 Å². The molecule has 0 fully saturated rings. The first kappa shape index (κ1) is 85.4. The molecule has 7 rings (SSSR count). The molecule has 0 radical (unpaired) electrons. The first-order valence-corrected chi connectivity index (χ1v) is 34.4. The first-order valence-electron chi connectivity index (χ1n) is 28.3. The lowest BCUT2D eigenvalue weighted by atomic mass is 9.84. The zero-order chi connectivity index (χ0) is 69.7. The maximum Gasteiger partial charge on any atom is 0.147 e. The van der Waals surface area contributed by atoms with Crippen LogP contribution in [0.4, 0.5) is 8.78 Å². The number of halogens is 15. The number of rotatable bonds is 1. The molecule has 7 aromatic rings. The smallest absolute Gasteiger partial charge is 0.147 e. The van der Waals surface area contributed by atoms with Crippen LogP contribution >= 0.6 is 164 Å². The Bertz CT molecular complexity index is 3250. The molecule has 0 saturated heterocycles. The van der Waals surface area contributed by atoms with Gasteiger partial charge in [0.2, 0.25) is 0 Å². The summed E-state index contributed by atoms with van der Waals surface area (Å²) in [5.41, 5.74) is 9.91. The Morgan fingerprint density at radius 1 is 0.360 bits per heavy atom. The highest BCUT2D eigenvalue weighted by molar-refractivity contribution is 9.11. The number of pyridine rings is 2. The average molecular weight is 1620 g/mol. The number of hydrogen-bond donors (Lipinski definition) is 0. The Hall–Kier alpha value is -1.60. The molecule has 2 heterocycles. The van der Waals surface area contributed by atoms with Gasteiger partial charge in [-0.15, -0.1) is 0 Å². The van der Waals surface area contributed by atoms with E-state index in [1.807, 2.05) is 84.0 Å². The van der Waals surface area contributed by atoms with Crippen molar-refractivity contribution in [3.05, 3.63) is 217 Å². The summed E-state index contributed by atoms with van der Waals surface area (Å²) < 4.78 is 33.9. The van der Waals surface area contributed by atoms with Crippen molar-refractivity contribution >= 4 is 164 Å². The fourth-order valence-electron chi connectivity index (χ4n) is 8.01. The number of nitrogens with zero attached hydrogens (tertiary/aromatic N) is 2. The van der Waals surface area contributed by atoms with Crippen LogP contribution in [0, 0.1) is 25.5 Å². The van der Waals surface area contributed by atoms with Gasteiger partial charge in [0, 0.05) is 58.0 Å². The molecule has 0 atom stereocenters. The van der Waals surface area contributed by atoms with Crippen LogP contribution in [0.15, 0.2) is 105 Å². The second kappa shape index (κ2) is 35.4. The van der Waals surface area contributed by atoms with Gasteiger partial charge in [0.25, 0.3) is 0 Å². The van der Waals surface area contributed by atoms with E-state index in [1.54, 1.807) is 25.4 Å². The molecule has 0 aliphatic rings. The zero-order valence-electron chi connectivity index (χ0n) is 55.6. The summed E-state index contributed by atoms with van der Waals surface area (Å²) in [4.78, 5) is 8.37. The number of hydrogen-bond acceptors (Lipinski definition) is 3. The standard InChI is InChI=1S/C11H14BrClO.C11H14BrCl.C11H15Cl.C10H11BrClF.C10H11Cl2F.2C9H11Cl2N/c1-11(2,3)7-5-9(13)8(12)6-10(7)14-4;1-7-5-10(13)9(12)6-8(7)11(2,3)4;1-8-9(11(2,3)4)6-5-7-10(8)12;1-10(2,3)6-4-9(13)7(11)5-8(6)12;1-10(2,3)6-4-9(13)8(12)5-7(6)11;1-9(2,3)8-4-6(10)7(11)5-12-8;1-9(2,3)7-5-4-6(10)8(11)12-7/h5-6H,1-4H3;5-6H,1-4H3;5-7H,1-4H3;2*4-5H,1-3H3;2*4-5H,1-3H3. The number of ether oxygens (including phenoxy) is 1. The van der Waals surface area contributed by atoms with E-state index in [9.17, 15) is 8.78 Å². The summed E-state index contributed by atoms with van der Waals surface area (Å²) in [5.74, 6) is 0.180. The van der Waals surface area contributed by atoms with E-state index in [2.05, 4.69) is 188 Å². The van der Waals surface area contributed by atoms with Crippen molar-refractivity contribution in [2.75, 3.05) is 7.11 Å². The second-order valence-electron chi connectivity index (χ2n) is 28.2. The van der Waals surface area contributed by atoms with Gasteiger partial charge in [0.15, 0.2) is 0 Å². The van der Waals surface area contributed by atoms with Gasteiger partial charge in [0.05, 0.1) is 41.7 Å². The Labute approximate surface area is 608 Å². The third-order valence-corrected chi connectivity index (χ3v) is 18.7. The molecular formula is C71H87Br3Cl10F2N2O. The summed E-state index contributed by atoms with van der Waals surface area (Å²) in [6, 6.07) is 25.4. The van der Waals surface area contributed by atoms with Crippen molar-refractivity contribution in [3.63, 3.8) is 0 Å². The van der Waals surface area contributed by atoms with Crippen LogP contribution in [-0.2, 0) is 37.9 Å². The summed E-state index contributed by atoms with van der Waals surface area (Å²) in [6.07, 6.45) is 1.59. The fourth-order valence-corrected chi connectivity index (χ4v) is 11.3. The Balaban J connectivity index is 0.000000519. The van der Waals surface area contributed by atoms with Gasteiger partial charge in [-0.05, 0) is 195 Å². The molecule has 0 aliphatic heterocycles. The minimum atomic E-state index is -0.420. The lowest BCUT2D eigenvalue weighted by molar-refractivity contribution is 0.397. The Morgan fingerprint density at radius 3 is 1.24 bits per heavy atom. The maximum absolute atomic E-state index is 13.2. The molecule has 492 valence electrons. The molecule has 0 N–H and O–H groups in total. The highest BCUT2D eigenvalue weighted by Gasteiger charge is 2.24. The molecule has 0 amide bonds. The van der Waals surface area contributed by atoms with Crippen molar-refractivity contribution in [1.82, 2.24) is 9.97 Å². The number of benzene rings is 5. The lowest BCUT2D eigenvalue weighted by Crippen LogP contribution is -2.13. The van der Waals surface area contributed by atoms with Crippen LogP contribution in [0.5, 0.6) is 5.75 Å². The predicted octanol–water partition coefficient (Wildman–Crippen LogP) is 29.4. The predicted molar refractivity (Wildman–Crippen MR) is 401 cm³/mol. The zero-order valence-corrected chi connectivity index (χ0v) is 67.9. The molecule has 2 aromatic heterocycles. The Morgan fingerprint density at radius 2 is 0.809 bits per heavy atom. The van der Waals surface area contributed by atoms with Gasteiger partial charge >= 0.3 is 0 Å². The van der Waals surface area contributed by atoms with Gasteiger partial charge in [-0.25, -0.2) is 13.8 Å². The normalized spacial score (nSPS) is 11.8. The molecule has 5 aromatic carbocycles. The minimum absolute atomic E-state index is 0.0221. The quantitative estimate of drug-likeness (QED) is 0.121. The number of aryl methyl sites for hydroxylation is 1. The van der Waals surface area contributed by atoms with E-state index in [0.717, 1.165) is 57.8 Å². The summed E-state index contributed by atoms with van der Waals surface area (Å²) in [5, 5.41) is 5.50. The second-order valence-corrected chi connectivity index (χ2v) is 34.7. The van der Waals surface area contributed by atoms with E-state index in [1.165, 1.54) is 40.5 Å². The molecule has 3 nitrogen and oxygen atoms in total. The Kier molecular flexibility index (Phi) is 34.0. The van der Waals surface area contributed by atoms with Crippen LogP contribution in [0.1, 0.15) is 196 Å². The largest absolute Gasteiger partial charge is 0.496 e. The van der Waals surface area contributed by atoms with Crippen molar-refractivity contribution in [3.8, 4) is 5.75 Å². The first-order chi connectivity index (χ1) is 40.1. The van der Waals surface area contributed by atoms with Crippen LogP contribution in [-0.4, -0.2) is 17.1 Å². The SMILES string of the molecule is CC(C)(C)c1cc(Cl)c(Cl)cn1.CC(C)(C)c1cc(F)c(Br)cc1Cl.CC(C)(C)c1cc(F)c(Cl)cc1Cl.CC(C)(C)c1ccc(Cl)c(Cl)n1.COc1cc(Br)c(Cl)cc1C(C)(C)C.Cc1c(Cl)cccc1C(C)(C)C.Cc1cc(Cl)c(Br)cc1C(C)(C)C. The van der Waals surface area contributed by atoms with Crippen molar-refractivity contribution in [2.45, 2.75) is 197 Å². The van der Waals surface area contributed by atoms with Gasteiger partial charge in [0.1, 0.15) is 22.5 Å². The van der Waals surface area contributed by atoms with Gasteiger partial charge < -0.3 is 4.74 Å². The minimum Gasteiger partial charge on any atom is -0.496 e. The molecule has 0 bridgehead atoms. The van der Waals surface area contributed by atoms with Crippen molar-refractivity contribution in [2.24, 2.45) is 0 Å². The van der Waals surface area contributed by atoms with E-state index >= 15 is 0 Å². The number of aromatic nitrogens is 2. The van der Waals surface area contributed by atoms with E-state index in [0.29, 0.717) is 34.7 Å². The van der Waals surface area contributed by atoms with Crippen LogP contribution in [0.25, 0.3) is 0 Å². The third kappa shape index (κ3) is 28.7. The maximum atomic E-state index is 13.2. The monoisotopic (exact) mass is 1610 g/mol. The van der Waals surface area contributed by atoms with E-state index < -0.39 is 5.82 Å². The van der Waals surface area contributed by atoms with Gasteiger partial charge in [-0.3, -0.25) is 4.98 Å². The molecule has 18 heteroatoms. The average Bonchev–Trinajstić information content (AvgIpc) is 1.15. The molecule has 89 heavy (non-hydrogen) atoms. The highest BCUT2D eigenvalue weighted by Crippen LogP contribution is 2.39. The highest BCUT2D eigenvalue weighted by atomic mass is 79.9. The van der Waals surface area contributed by atoms with Crippen molar-refractivity contribution in [1.29, 1.82) is 0 Å². The summed E-state index contributed by atoms with van der Waals surface area (Å²) in [6.45, 7) is 48.2. The van der Waals surface area contributed by atoms with E-state index in [4.69, 9.17) is 121 Å². The molecule has 0 spiro atoms. The fraction of sp³-hybridized carbons (Fsp3) is 0.437. The van der Waals surface area contributed by atoms with Crippen LogP contribution < -0.4 is 4.74 Å². The lowest BCUT2D eigenvalue weighted by Gasteiger charge is -2.22. The van der Waals surface area contributed by atoms with Crippen molar-refractivity contribution < 1.29 is 13.5 Å². The number of methoxy groups -OCH3 is 1. The van der Waals surface area contributed by atoms with Crippen LogP contribution in [0.2, 0.25) is 50.4 Å². The molecule has 0 saturated carbocycles. The van der Waals surface area contributed by atoms with E-state index in [-0.39, 0.29) is 48.7 Å². The molecule has 0 unspecified atom stereocenters. The summed E-state index contributed by atoms with van der Waals surface area (Å²) >= 11 is 68.6. The molecular weight excluding hydrogens is 1530 g/mol. The van der Waals surface area contributed by atoms with Crippen LogP contribution in [0.3, 0.4) is 0 Å². The van der Waals surface area contributed by atoms with Gasteiger partial charge in [-0.2, -0.15) is 0 Å². The molecule has 0 aliphatic carbocycles. The van der Waals surface area contributed by atoms with Gasteiger partial charge in [-0.1, -0.05) is 274 Å². The summed E-state index contributed by atoms with van der Waals surface area (Å²) in [7, 11) is 1.67.